The van der Waals surface area contributed by atoms with E-state index in [1.807, 2.05) is 53.1 Å². The summed E-state index contributed by atoms with van der Waals surface area (Å²) in [5.74, 6) is 0. The molecule has 0 aliphatic carbocycles. The highest BCUT2D eigenvalue weighted by atomic mass is 127. The summed E-state index contributed by atoms with van der Waals surface area (Å²) in [7, 11) is 0. The van der Waals surface area contributed by atoms with Crippen molar-refractivity contribution in [1.82, 2.24) is 4.57 Å². The van der Waals surface area contributed by atoms with E-state index in [0.717, 1.165) is 31.4 Å². The van der Waals surface area contributed by atoms with Crippen LogP contribution in [0.3, 0.4) is 0 Å². The molecule has 1 nitrogen and oxygen atoms in total. The Kier molecular flexibility index (Phi) is 3.56. The Morgan fingerprint density at radius 1 is 0.750 bits per heavy atom. The predicted molar refractivity (Wildman–Crippen MR) is 98.5 cm³/mol. The van der Waals surface area contributed by atoms with Crippen LogP contribution in [0.2, 0.25) is 0 Å². The number of aromatic nitrogens is 1. The lowest BCUT2D eigenvalue weighted by Crippen LogP contribution is -2.07. The fourth-order valence-corrected chi connectivity index (χ4v) is 3.62. The first-order valence-corrected chi connectivity index (χ1v) is 8.40. The van der Waals surface area contributed by atoms with Crippen molar-refractivity contribution in [2.75, 3.05) is 0 Å². The van der Waals surface area contributed by atoms with Crippen LogP contribution in [0, 0.1) is 3.57 Å². The van der Waals surface area contributed by atoms with Gasteiger partial charge in [-0.05, 0) is 52.9 Å². The van der Waals surface area contributed by atoms with Gasteiger partial charge in [-0.15, -0.1) is 0 Å². The summed E-state index contributed by atoms with van der Waals surface area (Å²) in [6, 6.07) is 19.4. The number of rotatable bonds is 1. The van der Waals surface area contributed by atoms with Gasteiger partial charge in [0.1, 0.15) is 0 Å². The van der Waals surface area contributed by atoms with Crippen LogP contribution < -0.4 is 0 Å². The summed E-state index contributed by atoms with van der Waals surface area (Å²) in [5, 5.41) is 2.06. The Bertz CT molecular complexity index is 1010. The molecule has 0 aliphatic heterocycles. The van der Waals surface area contributed by atoms with Crippen molar-refractivity contribution >= 4 is 44.4 Å². The SMILES string of the molecule is FC(F)(F)c1ccc(I)c(-n2c3ccccc3c3ccccc32)c1. The molecule has 5 heteroatoms. The highest BCUT2D eigenvalue weighted by Gasteiger charge is 2.31. The van der Waals surface area contributed by atoms with Gasteiger partial charge in [-0.1, -0.05) is 36.4 Å². The van der Waals surface area contributed by atoms with Crippen LogP contribution in [0.15, 0.2) is 66.7 Å². The first kappa shape index (κ1) is 15.5. The highest BCUT2D eigenvalue weighted by molar-refractivity contribution is 14.1. The van der Waals surface area contributed by atoms with E-state index in [-0.39, 0.29) is 0 Å². The lowest BCUT2D eigenvalue weighted by atomic mass is 10.2. The maximum absolute atomic E-state index is 13.2. The Hall–Kier alpha value is -2.02. The molecule has 3 aromatic carbocycles. The highest BCUT2D eigenvalue weighted by Crippen LogP contribution is 2.36. The molecular formula is C19H11F3IN. The molecule has 0 aliphatic rings. The first-order chi connectivity index (χ1) is 11.5. The van der Waals surface area contributed by atoms with E-state index >= 15 is 0 Å². The molecule has 0 spiro atoms. The van der Waals surface area contributed by atoms with Crippen LogP contribution in [-0.2, 0) is 6.18 Å². The molecule has 0 saturated carbocycles. The second kappa shape index (κ2) is 5.51. The summed E-state index contributed by atoms with van der Waals surface area (Å²) < 4.78 is 42.1. The third-order valence-corrected chi connectivity index (χ3v) is 5.01. The van der Waals surface area contributed by atoms with Crippen LogP contribution in [0.1, 0.15) is 5.56 Å². The number of nitrogens with zero attached hydrogens (tertiary/aromatic N) is 1. The lowest BCUT2D eigenvalue weighted by Gasteiger charge is -2.13. The van der Waals surface area contributed by atoms with Gasteiger partial charge in [0.15, 0.2) is 0 Å². The molecule has 0 bridgehead atoms. The third kappa shape index (κ3) is 2.38. The molecule has 0 unspecified atom stereocenters. The summed E-state index contributed by atoms with van der Waals surface area (Å²) in [4.78, 5) is 0. The van der Waals surface area contributed by atoms with E-state index in [9.17, 15) is 13.2 Å². The van der Waals surface area contributed by atoms with E-state index in [4.69, 9.17) is 0 Å². The minimum absolute atomic E-state index is 0.544. The smallest absolute Gasteiger partial charge is 0.308 e. The van der Waals surface area contributed by atoms with E-state index in [1.54, 1.807) is 0 Å². The Labute approximate surface area is 149 Å². The molecule has 4 aromatic rings. The van der Waals surface area contributed by atoms with Crippen LogP contribution in [-0.4, -0.2) is 4.57 Å². The van der Waals surface area contributed by atoms with Gasteiger partial charge in [-0.25, -0.2) is 0 Å². The van der Waals surface area contributed by atoms with Crippen molar-refractivity contribution in [1.29, 1.82) is 0 Å². The summed E-state index contributed by atoms with van der Waals surface area (Å²) in [6.07, 6.45) is -4.36. The number of hydrogen-bond donors (Lipinski definition) is 0. The average molecular weight is 437 g/mol. The van der Waals surface area contributed by atoms with Gasteiger partial charge in [0, 0.05) is 14.3 Å². The van der Waals surface area contributed by atoms with Gasteiger partial charge in [0.25, 0.3) is 0 Å². The molecule has 0 amide bonds. The maximum Gasteiger partial charge on any atom is 0.416 e. The summed E-state index contributed by atoms with van der Waals surface area (Å²) >= 11 is 2.08. The molecule has 0 atom stereocenters. The predicted octanol–water partition coefficient (Wildman–Crippen LogP) is 6.41. The van der Waals surface area contributed by atoms with E-state index in [1.165, 1.54) is 12.1 Å². The van der Waals surface area contributed by atoms with E-state index in [2.05, 4.69) is 22.6 Å². The normalized spacial score (nSPS) is 12.2. The van der Waals surface area contributed by atoms with Crippen molar-refractivity contribution in [2.45, 2.75) is 6.18 Å². The topological polar surface area (TPSA) is 4.93 Å². The summed E-state index contributed by atoms with van der Waals surface area (Å²) in [5.41, 5.74) is 1.70. The van der Waals surface area contributed by atoms with Crippen molar-refractivity contribution in [2.24, 2.45) is 0 Å². The van der Waals surface area contributed by atoms with Crippen molar-refractivity contribution < 1.29 is 13.2 Å². The van der Waals surface area contributed by atoms with Gasteiger partial charge in [-0.2, -0.15) is 13.2 Å². The minimum Gasteiger partial charge on any atom is -0.308 e. The quantitative estimate of drug-likeness (QED) is 0.304. The fraction of sp³-hybridized carbons (Fsp3) is 0.0526. The molecule has 0 saturated heterocycles. The number of benzene rings is 3. The molecule has 1 aromatic heterocycles. The number of alkyl halides is 3. The monoisotopic (exact) mass is 437 g/mol. The molecule has 0 fully saturated rings. The van der Waals surface area contributed by atoms with Crippen LogP contribution in [0.25, 0.3) is 27.5 Å². The Morgan fingerprint density at radius 2 is 1.29 bits per heavy atom. The van der Waals surface area contributed by atoms with Crippen molar-refractivity contribution in [3.63, 3.8) is 0 Å². The zero-order valence-corrected chi connectivity index (χ0v) is 14.5. The number of fused-ring (bicyclic) bond motifs is 3. The van der Waals surface area contributed by atoms with Gasteiger partial charge in [0.2, 0.25) is 0 Å². The molecule has 120 valence electrons. The summed E-state index contributed by atoms with van der Waals surface area (Å²) in [6.45, 7) is 0. The first-order valence-electron chi connectivity index (χ1n) is 7.32. The van der Waals surface area contributed by atoms with Crippen LogP contribution in [0.4, 0.5) is 13.2 Å². The number of hydrogen-bond acceptors (Lipinski definition) is 0. The second-order valence-electron chi connectivity index (χ2n) is 5.53. The second-order valence-corrected chi connectivity index (χ2v) is 6.70. The maximum atomic E-state index is 13.2. The zero-order valence-electron chi connectivity index (χ0n) is 12.3. The lowest BCUT2D eigenvalue weighted by molar-refractivity contribution is -0.137. The van der Waals surface area contributed by atoms with E-state index < -0.39 is 11.7 Å². The molecule has 4 rings (SSSR count). The van der Waals surface area contributed by atoms with Gasteiger partial charge >= 0.3 is 6.18 Å². The van der Waals surface area contributed by atoms with Gasteiger partial charge < -0.3 is 4.57 Å². The third-order valence-electron chi connectivity index (χ3n) is 4.09. The number of para-hydroxylation sites is 2. The molecule has 1 heterocycles. The zero-order chi connectivity index (χ0) is 16.9. The van der Waals surface area contributed by atoms with Gasteiger partial charge in [0.05, 0.1) is 22.3 Å². The Morgan fingerprint density at radius 3 is 1.83 bits per heavy atom. The van der Waals surface area contributed by atoms with Crippen LogP contribution >= 0.6 is 22.6 Å². The standard InChI is InChI=1S/C19H11F3IN/c20-19(21,22)12-9-10-15(23)18(11-12)24-16-7-3-1-5-13(16)14-6-2-4-8-17(14)24/h1-11H. The molecule has 0 radical (unpaired) electrons. The minimum atomic E-state index is -4.36. The fourth-order valence-electron chi connectivity index (χ4n) is 3.04. The van der Waals surface area contributed by atoms with Crippen molar-refractivity contribution in [3.05, 3.63) is 75.9 Å². The van der Waals surface area contributed by atoms with Crippen molar-refractivity contribution in [3.8, 4) is 5.69 Å². The average Bonchev–Trinajstić information content (AvgIpc) is 2.89. The molecule has 0 N–H and O–H groups in total. The number of halogens is 4. The van der Waals surface area contributed by atoms with Crippen LogP contribution in [0.5, 0.6) is 0 Å². The largest absolute Gasteiger partial charge is 0.416 e. The Balaban J connectivity index is 2.13. The van der Waals surface area contributed by atoms with E-state index in [0.29, 0.717) is 5.69 Å². The molecule has 24 heavy (non-hydrogen) atoms. The van der Waals surface area contributed by atoms with Gasteiger partial charge in [-0.3, -0.25) is 0 Å². The molecular weight excluding hydrogens is 426 g/mol.